The van der Waals surface area contributed by atoms with Crippen molar-refractivity contribution >= 4 is 0 Å². The molecule has 0 aromatic heterocycles. The van der Waals surface area contributed by atoms with Crippen molar-refractivity contribution in [2.45, 2.75) is 71.3 Å². The molecule has 2 rings (SSSR count). The second-order valence-corrected chi connectivity index (χ2v) is 6.55. The van der Waals surface area contributed by atoms with Gasteiger partial charge in [0.2, 0.25) is 0 Å². The third-order valence-electron chi connectivity index (χ3n) is 4.93. The van der Waals surface area contributed by atoms with Crippen LogP contribution in [0, 0.1) is 17.8 Å². The van der Waals surface area contributed by atoms with Gasteiger partial charge in [-0.05, 0) is 62.8 Å². The first-order chi connectivity index (χ1) is 7.66. The van der Waals surface area contributed by atoms with Crippen LogP contribution in [0.1, 0.15) is 65.7 Å². The van der Waals surface area contributed by atoms with Crippen LogP contribution in [0.15, 0.2) is 0 Å². The van der Waals surface area contributed by atoms with Gasteiger partial charge in [0.15, 0.2) is 0 Å². The van der Waals surface area contributed by atoms with E-state index >= 15 is 0 Å². The summed E-state index contributed by atoms with van der Waals surface area (Å²) in [6.45, 7) is 8.52. The lowest BCUT2D eigenvalue weighted by molar-refractivity contribution is 0.112. The maximum Gasteiger partial charge on any atom is 0.0210 e. The highest BCUT2D eigenvalue weighted by Gasteiger charge is 2.42. The molecule has 1 heteroatoms. The topological polar surface area (TPSA) is 12.0 Å². The number of hydrogen-bond acceptors (Lipinski definition) is 1. The first kappa shape index (κ1) is 12.4. The van der Waals surface area contributed by atoms with Gasteiger partial charge in [0.1, 0.15) is 0 Å². The summed E-state index contributed by atoms with van der Waals surface area (Å²) >= 11 is 0. The lowest BCUT2D eigenvalue weighted by Crippen LogP contribution is -2.49. The molecule has 1 aliphatic carbocycles. The maximum absolute atomic E-state index is 3.88. The molecule has 1 N–H and O–H groups in total. The van der Waals surface area contributed by atoms with E-state index in [9.17, 15) is 0 Å². The predicted molar refractivity (Wildman–Crippen MR) is 70.5 cm³/mol. The number of nitrogens with one attached hydrogen (secondary N) is 1. The van der Waals surface area contributed by atoms with Crippen LogP contribution < -0.4 is 5.32 Å². The average Bonchev–Trinajstić information content (AvgIpc) is 2.66. The Labute approximate surface area is 101 Å². The Bertz CT molecular complexity index is 207. The highest BCUT2D eigenvalue weighted by atomic mass is 15.0. The third-order valence-corrected chi connectivity index (χ3v) is 4.93. The minimum absolute atomic E-state index is 0.525. The van der Waals surface area contributed by atoms with Gasteiger partial charge in [-0.15, -0.1) is 0 Å². The quantitative estimate of drug-likeness (QED) is 0.763. The largest absolute Gasteiger partial charge is 0.311 e. The van der Waals surface area contributed by atoms with Gasteiger partial charge in [-0.2, -0.15) is 0 Å². The summed E-state index contributed by atoms with van der Waals surface area (Å²) in [4.78, 5) is 0. The predicted octanol–water partition coefficient (Wildman–Crippen LogP) is 3.98. The van der Waals surface area contributed by atoms with Gasteiger partial charge in [0, 0.05) is 5.54 Å². The van der Waals surface area contributed by atoms with E-state index in [1.165, 1.54) is 51.5 Å². The lowest BCUT2D eigenvalue weighted by Gasteiger charge is -2.44. The van der Waals surface area contributed by atoms with E-state index < -0.39 is 0 Å². The molecule has 1 heterocycles. The van der Waals surface area contributed by atoms with Crippen LogP contribution in [0.2, 0.25) is 0 Å². The van der Waals surface area contributed by atoms with Crippen molar-refractivity contribution < 1.29 is 0 Å². The smallest absolute Gasteiger partial charge is 0.0210 e. The van der Waals surface area contributed by atoms with Crippen LogP contribution in [0.4, 0.5) is 0 Å². The Hall–Kier alpha value is -0.0400. The zero-order chi connectivity index (χ0) is 11.6. The van der Waals surface area contributed by atoms with E-state index in [1.807, 2.05) is 0 Å². The van der Waals surface area contributed by atoms with Crippen molar-refractivity contribution in [3.63, 3.8) is 0 Å². The highest BCUT2D eigenvalue weighted by molar-refractivity contribution is 5.00. The molecular formula is C15H29N. The van der Waals surface area contributed by atoms with Gasteiger partial charge in [-0.1, -0.05) is 27.2 Å². The summed E-state index contributed by atoms with van der Waals surface area (Å²) in [7, 11) is 0. The molecule has 3 unspecified atom stereocenters. The van der Waals surface area contributed by atoms with E-state index in [-0.39, 0.29) is 0 Å². The molecule has 1 saturated heterocycles. The van der Waals surface area contributed by atoms with Crippen molar-refractivity contribution in [1.29, 1.82) is 0 Å². The number of rotatable bonds is 3. The highest BCUT2D eigenvalue weighted by Crippen LogP contribution is 2.44. The molecule has 2 fully saturated rings. The summed E-state index contributed by atoms with van der Waals surface area (Å²) < 4.78 is 0. The molecule has 1 aliphatic heterocycles. The standard InChI is InChI=1S/C15H29N/c1-4-6-15(7-5-8-16-15)14-10-12(2)9-13(3)11-14/h12-14,16H,4-11H2,1-3H3. The van der Waals surface area contributed by atoms with E-state index in [0.29, 0.717) is 5.54 Å². The first-order valence-corrected chi connectivity index (χ1v) is 7.41. The van der Waals surface area contributed by atoms with Crippen LogP contribution in [-0.4, -0.2) is 12.1 Å². The monoisotopic (exact) mass is 223 g/mol. The van der Waals surface area contributed by atoms with Crippen LogP contribution in [0.5, 0.6) is 0 Å². The molecule has 0 spiro atoms. The Balaban J connectivity index is 2.07. The van der Waals surface area contributed by atoms with Gasteiger partial charge in [-0.3, -0.25) is 0 Å². The molecule has 1 saturated carbocycles. The van der Waals surface area contributed by atoms with Crippen LogP contribution >= 0.6 is 0 Å². The summed E-state index contributed by atoms with van der Waals surface area (Å²) in [5.74, 6) is 2.85. The molecule has 1 nitrogen and oxygen atoms in total. The third kappa shape index (κ3) is 2.45. The van der Waals surface area contributed by atoms with Gasteiger partial charge in [-0.25, -0.2) is 0 Å². The Morgan fingerprint density at radius 2 is 1.81 bits per heavy atom. The van der Waals surface area contributed by atoms with E-state index in [0.717, 1.165) is 17.8 Å². The van der Waals surface area contributed by atoms with Gasteiger partial charge >= 0.3 is 0 Å². The average molecular weight is 223 g/mol. The lowest BCUT2D eigenvalue weighted by atomic mass is 9.66. The molecular weight excluding hydrogens is 194 g/mol. The zero-order valence-corrected chi connectivity index (χ0v) is 11.4. The van der Waals surface area contributed by atoms with E-state index in [1.54, 1.807) is 0 Å². The summed E-state index contributed by atoms with van der Waals surface area (Å²) in [6, 6.07) is 0. The van der Waals surface area contributed by atoms with Crippen LogP contribution in [0.3, 0.4) is 0 Å². The Morgan fingerprint density at radius 3 is 2.31 bits per heavy atom. The summed E-state index contributed by atoms with van der Waals surface area (Å²) in [6.07, 6.45) is 9.97. The second kappa shape index (κ2) is 5.08. The molecule has 0 bridgehead atoms. The fourth-order valence-corrected chi connectivity index (χ4v) is 4.44. The SMILES string of the molecule is CCCC1(C2CC(C)CC(C)C2)CCCN1. The maximum atomic E-state index is 3.88. The van der Waals surface area contributed by atoms with Gasteiger partial charge < -0.3 is 5.32 Å². The molecule has 0 radical (unpaired) electrons. The molecule has 16 heavy (non-hydrogen) atoms. The van der Waals surface area contributed by atoms with Crippen molar-refractivity contribution in [3.8, 4) is 0 Å². The molecule has 0 amide bonds. The Kier molecular flexibility index (Phi) is 3.94. The summed E-state index contributed by atoms with van der Waals surface area (Å²) in [5, 5.41) is 3.88. The first-order valence-electron chi connectivity index (χ1n) is 7.41. The van der Waals surface area contributed by atoms with Crippen molar-refractivity contribution in [2.75, 3.05) is 6.54 Å². The van der Waals surface area contributed by atoms with Crippen LogP contribution in [0.25, 0.3) is 0 Å². The van der Waals surface area contributed by atoms with Crippen LogP contribution in [-0.2, 0) is 0 Å². The fraction of sp³-hybridized carbons (Fsp3) is 1.00. The second-order valence-electron chi connectivity index (χ2n) is 6.55. The Morgan fingerprint density at radius 1 is 1.12 bits per heavy atom. The van der Waals surface area contributed by atoms with Crippen molar-refractivity contribution in [2.24, 2.45) is 17.8 Å². The zero-order valence-electron chi connectivity index (χ0n) is 11.4. The molecule has 2 aliphatic rings. The van der Waals surface area contributed by atoms with Gasteiger partial charge in [0.05, 0.1) is 0 Å². The molecule has 0 aromatic carbocycles. The molecule has 94 valence electrons. The van der Waals surface area contributed by atoms with Crippen molar-refractivity contribution in [1.82, 2.24) is 5.32 Å². The van der Waals surface area contributed by atoms with E-state index in [4.69, 9.17) is 0 Å². The number of hydrogen-bond donors (Lipinski definition) is 1. The minimum atomic E-state index is 0.525. The normalized spacial score (nSPS) is 44.8. The van der Waals surface area contributed by atoms with Crippen molar-refractivity contribution in [3.05, 3.63) is 0 Å². The van der Waals surface area contributed by atoms with E-state index in [2.05, 4.69) is 26.1 Å². The fourth-order valence-electron chi connectivity index (χ4n) is 4.44. The summed E-state index contributed by atoms with van der Waals surface area (Å²) in [5.41, 5.74) is 0.525. The van der Waals surface area contributed by atoms with Gasteiger partial charge in [0.25, 0.3) is 0 Å². The molecule has 3 atom stereocenters. The molecule has 0 aromatic rings. The minimum Gasteiger partial charge on any atom is -0.311 e.